The van der Waals surface area contributed by atoms with Crippen molar-refractivity contribution in [2.24, 2.45) is 5.16 Å². The lowest BCUT2D eigenvalue weighted by Crippen LogP contribution is -2.26. The van der Waals surface area contributed by atoms with E-state index in [-0.39, 0.29) is 6.10 Å². The standard InChI is InChI=1S/C14H19NO3/c1-10-3-4-13(11(2)15-16)14(9-10)18-12-5-7-17-8-6-12/h3-4,9,12,16H,5-8H2,1-2H3. The summed E-state index contributed by atoms with van der Waals surface area (Å²) in [4.78, 5) is 0. The summed E-state index contributed by atoms with van der Waals surface area (Å²) in [6.07, 6.45) is 2.00. The van der Waals surface area contributed by atoms with Gasteiger partial charge in [0.25, 0.3) is 0 Å². The fraction of sp³-hybridized carbons (Fsp3) is 0.500. The van der Waals surface area contributed by atoms with Gasteiger partial charge in [0.15, 0.2) is 0 Å². The van der Waals surface area contributed by atoms with Crippen LogP contribution in [0.3, 0.4) is 0 Å². The third-order valence-electron chi connectivity index (χ3n) is 3.14. The highest BCUT2D eigenvalue weighted by molar-refractivity contribution is 6.00. The molecule has 4 heteroatoms. The summed E-state index contributed by atoms with van der Waals surface area (Å²) in [5.74, 6) is 0.789. The first kappa shape index (κ1) is 12.9. The molecule has 0 atom stereocenters. The maximum Gasteiger partial charge on any atom is 0.129 e. The molecule has 1 saturated heterocycles. The van der Waals surface area contributed by atoms with Gasteiger partial charge in [0.1, 0.15) is 11.9 Å². The maximum absolute atomic E-state index is 8.90. The lowest BCUT2D eigenvalue weighted by atomic mass is 10.1. The smallest absolute Gasteiger partial charge is 0.129 e. The third-order valence-corrected chi connectivity index (χ3v) is 3.14. The van der Waals surface area contributed by atoms with Crippen LogP contribution in [0, 0.1) is 6.92 Å². The van der Waals surface area contributed by atoms with E-state index in [0.29, 0.717) is 5.71 Å². The molecule has 0 bridgehead atoms. The average Bonchev–Trinajstić information content (AvgIpc) is 2.39. The summed E-state index contributed by atoms with van der Waals surface area (Å²) in [6, 6.07) is 5.90. The fourth-order valence-electron chi connectivity index (χ4n) is 2.05. The van der Waals surface area contributed by atoms with Crippen molar-refractivity contribution in [1.82, 2.24) is 0 Å². The molecule has 1 aliphatic heterocycles. The van der Waals surface area contributed by atoms with Gasteiger partial charge in [0.2, 0.25) is 0 Å². The predicted molar refractivity (Wildman–Crippen MR) is 69.6 cm³/mol. The van der Waals surface area contributed by atoms with Gasteiger partial charge in [-0.3, -0.25) is 0 Å². The van der Waals surface area contributed by atoms with Crippen LogP contribution >= 0.6 is 0 Å². The SMILES string of the molecule is CC(=NO)c1ccc(C)cc1OC1CCOCC1. The Kier molecular flexibility index (Phi) is 4.20. The molecule has 1 aliphatic rings. The monoisotopic (exact) mass is 249 g/mol. The van der Waals surface area contributed by atoms with Gasteiger partial charge in [0.05, 0.1) is 18.9 Å². The molecule has 0 radical (unpaired) electrons. The summed E-state index contributed by atoms with van der Waals surface area (Å²) < 4.78 is 11.3. The lowest BCUT2D eigenvalue weighted by Gasteiger charge is -2.24. The van der Waals surface area contributed by atoms with Crippen LogP contribution in [0.1, 0.15) is 30.9 Å². The van der Waals surface area contributed by atoms with E-state index >= 15 is 0 Å². The Morgan fingerprint density at radius 2 is 2.11 bits per heavy atom. The molecule has 2 rings (SSSR count). The van der Waals surface area contributed by atoms with Crippen molar-refractivity contribution in [3.63, 3.8) is 0 Å². The largest absolute Gasteiger partial charge is 0.490 e. The van der Waals surface area contributed by atoms with E-state index < -0.39 is 0 Å². The molecule has 0 unspecified atom stereocenters. The Morgan fingerprint density at radius 3 is 2.78 bits per heavy atom. The molecule has 4 nitrogen and oxygen atoms in total. The molecule has 0 aliphatic carbocycles. The topological polar surface area (TPSA) is 51.1 Å². The van der Waals surface area contributed by atoms with E-state index in [4.69, 9.17) is 14.7 Å². The van der Waals surface area contributed by atoms with E-state index in [1.165, 1.54) is 0 Å². The zero-order chi connectivity index (χ0) is 13.0. The molecule has 0 saturated carbocycles. The number of hydrogen-bond acceptors (Lipinski definition) is 4. The second kappa shape index (κ2) is 5.87. The summed E-state index contributed by atoms with van der Waals surface area (Å²) in [6.45, 7) is 5.28. The molecule has 1 aromatic rings. The van der Waals surface area contributed by atoms with Crippen molar-refractivity contribution in [3.05, 3.63) is 29.3 Å². The van der Waals surface area contributed by atoms with Crippen molar-refractivity contribution < 1.29 is 14.7 Å². The van der Waals surface area contributed by atoms with Gasteiger partial charge in [-0.1, -0.05) is 11.2 Å². The number of ether oxygens (including phenoxy) is 2. The first-order chi connectivity index (χ1) is 8.70. The molecule has 1 heterocycles. The Balaban J connectivity index is 2.21. The summed E-state index contributed by atoms with van der Waals surface area (Å²) in [7, 11) is 0. The highest BCUT2D eigenvalue weighted by atomic mass is 16.5. The van der Waals surface area contributed by atoms with E-state index in [0.717, 1.165) is 42.9 Å². The molecule has 98 valence electrons. The van der Waals surface area contributed by atoms with Gasteiger partial charge in [-0.05, 0) is 31.5 Å². The molecule has 0 aromatic heterocycles. The van der Waals surface area contributed by atoms with Crippen LogP contribution in [0.25, 0.3) is 0 Å². The van der Waals surface area contributed by atoms with Crippen molar-refractivity contribution in [1.29, 1.82) is 0 Å². The van der Waals surface area contributed by atoms with Gasteiger partial charge in [-0.2, -0.15) is 0 Å². The Morgan fingerprint density at radius 1 is 1.39 bits per heavy atom. The highest BCUT2D eigenvalue weighted by Gasteiger charge is 2.17. The number of oxime groups is 1. The number of aryl methyl sites for hydroxylation is 1. The van der Waals surface area contributed by atoms with Gasteiger partial charge in [-0.15, -0.1) is 0 Å². The molecular formula is C14H19NO3. The third kappa shape index (κ3) is 3.01. The fourth-order valence-corrected chi connectivity index (χ4v) is 2.05. The Labute approximate surface area is 107 Å². The van der Waals surface area contributed by atoms with Crippen LogP contribution in [-0.4, -0.2) is 30.2 Å². The first-order valence-corrected chi connectivity index (χ1v) is 6.25. The second-order valence-corrected chi connectivity index (χ2v) is 4.61. The van der Waals surface area contributed by atoms with Crippen LogP contribution in [-0.2, 0) is 4.74 Å². The van der Waals surface area contributed by atoms with Gasteiger partial charge in [0, 0.05) is 18.4 Å². The van der Waals surface area contributed by atoms with Crippen LogP contribution < -0.4 is 4.74 Å². The van der Waals surface area contributed by atoms with Gasteiger partial charge >= 0.3 is 0 Å². The number of benzene rings is 1. The van der Waals surface area contributed by atoms with Crippen molar-refractivity contribution in [2.45, 2.75) is 32.8 Å². The second-order valence-electron chi connectivity index (χ2n) is 4.61. The summed E-state index contributed by atoms with van der Waals surface area (Å²) in [5, 5.41) is 12.2. The molecule has 0 amide bonds. The van der Waals surface area contributed by atoms with Crippen LogP contribution in [0.2, 0.25) is 0 Å². The zero-order valence-corrected chi connectivity index (χ0v) is 10.8. The van der Waals surface area contributed by atoms with Gasteiger partial charge < -0.3 is 14.7 Å². The van der Waals surface area contributed by atoms with Crippen LogP contribution in [0.15, 0.2) is 23.4 Å². The van der Waals surface area contributed by atoms with E-state index in [2.05, 4.69) is 5.16 Å². The molecule has 18 heavy (non-hydrogen) atoms. The van der Waals surface area contributed by atoms with E-state index in [1.807, 2.05) is 25.1 Å². The number of rotatable bonds is 3. The molecule has 0 spiro atoms. The molecule has 1 N–H and O–H groups in total. The average molecular weight is 249 g/mol. The Hall–Kier alpha value is -1.55. The minimum Gasteiger partial charge on any atom is -0.490 e. The molecule has 1 fully saturated rings. The van der Waals surface area contributed by atoms with E-state index in [9.17, 15) is 0 Å². The van der Waals surface area contributed by atoms with Gasteiger partial charge in [-0.25, -0.2) is 0 Å². The van der Waals surface area contributed by atoms with Crippen molar-refractivity contribution >= 4 is 5.71 Å². The van der Waals surface area contributed by atoms with Crippen LogP contribution in [0.5, 0.6) is 5.75 Å². The first-order valence-electron chi connectivity index (χ1n) is 6.25. The Bertz CT molecular complexity index is 437. The summed E-state index contributed by atoms with van der Waals surface area (Å²) in [5.41, 5.74) is 2.54. The minimum absolute atomic E-state index is 0.186. The van der Waals surface area contributed by atoms with Crippen molar-refractivity contribution in [3.8, 4) is 5.75 Å². The van der Waals surface area contributed by atoms with Crippen molar-refractivity contribution in [2.75, 3.05) is 13.2 Å². The number of nitrogens with zero attached hydrogens (tertiary/aromatic N) is 1. The predicted octanol–water partition coefficient (Wildman–Crippen LogP) is 2.75. The zero-order valence-electron chi connectivity index (χ0n) is 10.8. The molecule has 1 aromatic carbocycles. The number of hydrogen-bond donors (Lipinski definition) is 1. The normalized spacial score (nSPS) is 17.8. The lowest BCUT2D eigenvalue weighted by molar-refractivity contribution is 0.0255. The van der Waals surface area contributed by atoms with Crippen LogP contribution in [0.4, 0.5) is 0 Å². The highest BCUT2D eigenvalue weighted by Crippen LogP contribution is 2.24. The molecular weight excluding hydrogens is 230 g/mol. The van der Waals surface area contributed by atoms with E-state index in [1.54, 1.807) is 6.92 Å². The maximum atomic E-state index is 8.90. The quantitative estimate of drug-likeness (QED) is 0.509. The minimum atomic E-state index is 0.186. The summed E-state index contributed by atoms with van der Waals surface area (Å²) >= 11 is 0.